The van der Waals surface area contributed by atoms with E-state index in [1.807, 2.05) is 18.2 Å². The van der Waals surface area contributed by atoms with Crippen LogP contribution in [0.4, 0.5) is 0 Å². The van der Waals surface area contributed by atoms with Crippen LogP contribution in [-0.4, -0.2) is 12.3 Å². The van der Waals surface area contributed by atoms with Crippen molar-refractivity contribution in [3.05, 3.63) is 60.2 Å². The number of rotatable bonds is 3. The fourth-order valence-electron chi connectivity index (χ4n) is 2.64. The fraction of sp³-hybridized carbons (Fsp3) is 0.222. The van der Waals surface area contributed by atoms with Crippen LogP contribution in [0.1, 0.15) is 24.3 Å². The summed E-state index contributed by atoms with van der Waals surface area (Å²) in [4.78, 5) is 4.46. The van der Waals surface area contributed by atoms with E-state index in [9.17, 15) is 5.26 Å². The normalized spacial score (nSPS) is 15.4. The van der Waals surface area contributed by atoms with Crippen molar-refractivity contribution in [2.45, 2.75) is 18.8 Å². The lowest BCUT2D eigenvalue weighted by molar-refractivity contribution is 0.946. The highest BCUT2D eigenvalue weighted by Crippen LogP contribution is 2.26. The van der Waals surface area contributed by atoms with Crippen LogP contribution >= 0.6 is 0 Å². The van der Waals surface area contributed by atoms with Gasteiger partial charge in [-0.05, 0) is 29.5 Å². The van der Waals surface area contributed by atoms with E-state index in [1.165, 1.54) is 11.1 Å². The van der Waals surface area contributed by atoms with Gasteiger partial charge in [0.2, 0.25) is 0 Å². The third-order valence-electron chi connectivity index (χ3n) is 3.72. The molecule has 2 heteroatoms. The van der Waals surface area contributed by atoms with Crippen molar-refractivity contribution in [2.75, 3.05) is 6.54 Å². The predicted octanol–water partition coefficient (Wildman–Crippen LogP) is 4.20. The highest BCUT2D eigenvalue weighted by Gasteiger charge is 2.20. The molecule has 2 aromatic rings. The number of hydrogen-bond acceptors (Lipinski definition) is 2. The first kappa shape index (κ1) is 12.6. The molecule has 0 saturated carbocycles. The zero-order valence-corrected chi connectivity index (χ0v) is 11.3. The molecule has 3 rings (SSSR count). The van der Waals surface area contributed by atoms with Gasteiger partial charge >= 0.3 is 0 Å². The Morgan fingerprint density at radius 2 is 1.65 bits per heavy atom. The monoisotopic (exact) mass is 260 g/mol. The standard InChI is InChI=1S/C18H16N2/c19-13-17(18-7-4-12-20-18)16-10-8-15(9-11-16)14-5-2-1-3-6-14/h1-3,5-6,8-11,17H,4,7,12H2. The lowest BCUT2D eigenvalue weighted by Crippen LogP contribution is -2.08. The average Bonchev–Trinajstić information content (AvgIpc) is 3.04. The first-order chi connectivity index (χ1) is 9.88. The maximum atomic E-state index is 9.40. The molecule has 0 bridgehead atoms. The molecule has 0 amide bonds. The highest BCUT2D eigenvalue weighted by atomic mass is 14.8. The molecule has 98 valence electrons. The molecule has 0 aliphatic carbocycles. The molecule has 2 aromatic carbocycles. The Bertz CT molecular complexity index is 648. The summed E-state index contributed by atoms with van der Waals surface area (Å²) in [5.41, 5.74) is 4.47. The maximum absolute atomic E-state index is 9.40. The van der Waals surface area contributed by atoms with E-state index in [0.29, 0.717) is 0 Å². The van der Waals surface area contributed by atoms with Gasteiger partial charge in [-0.25, -0.2) is 0 Å². The quantitative estimate of drug-likeness (QED) is 0.814. The summed E-state index contributed by atoms with van der Waals surface area (Å²) >= 11 is 0. The molecule has 1 aliphatic heterocycles. The zero-order valence-electron chi connectivity index (χ0n) is 11.3. The number of benzene rings is 2. The first-order valence-corrected chi connectivity index (χ1v) is 6.97. The number of hydrogen-bond donors (Lipinski definition) is 0. The fourth-order valence-corrected chi connectivity index (χ4v) is 2.64. The minimum absolute atomic E-state index is 0.178. The van der Waals surface area contributed by atoms with Crippen LogP contribution in [0.3, 0.4) is 0 Å². The third kappa shape index (κ3) is 2.48. The number of aliphatic imine (C=N–C) groups is 1. The van der Waals surface area contributed by atoms with Gasteiger partial charge in [0.1, 0.15) is 5.92 Å². The number of nitriles is 1. The summed E-state index contributed by atoms with van der Waals surface area (Å²) in [5, 5.41) is 9.40. The zero-order chi connectivity index (χ0) is 13.8. The topological polar surface area (TPSA) is 36.1 Å². The van der Waals surface area contributed by atoms with Crippen molar-refractivity contribution >= 4 is 5.71 Å². The van der Waals surface area contributed by atoms with Crippen LogP contribution in [0.2, 0.25) is 0 Å². The van der Waals surface area contributed by atoms with Gasteiger partial charge in [0.15, 0.2) is 0 Å². The van der Waals surface area contributed by atoms with Crippen LogP contribution < -0.4 is 0 Å². The Kier molecular flexibility index (Phi) is 3.60. The third-order valence-corrected chi connectivity index (χ3v) is 3.72. The molecule has 1 aliphatic rings. The molecule has 0 aromatic heterocycles. The lowest BCUT2D eigenvalue weighted by atomic mass is 9.92. The van der Waals surface area contributed by atoms with Crippen molar-refractivity contribution in [1.82, 2.24) is 0 Å². The largest absolute Gasteiger partial charge is 0.292 e. The van der Waals surface area contributed by atoms with E-state index in [4.69, 9.17) is 0 Å². The Labute approximate surface area is 119 Å². The summed E-state index contributed by atoms with van der Waals surface area (Å²) in [6.07, 6.45) is 2.04. The predicted molar refractivity (Wildman–Crippen MR) is 81.8 cm³/mol. The van der Waals surface area contributed by atoms with Crippen molar-refractivity contribution < 1.29 is 0 Å². The van der Waals surface area contributed by atoms with Gasteiger partial charge < -0.3 is 0 Å². The number of nitrogens with zero attached hydrogens (tertiary/aromatic N) is 2. The second kappa shape index (κ2) is 5.71. The SMILES string of the molecule is N#CC(C1=NCCC1)c1ccc(-c2ccccc2)cc1. The molecule has 1 unspecified atom stereocenters. The van der Waals surface area contributed by atoms with E-state index in [1.54, 1.807) is 0 Å². The molecule has 0 N–H and O–H groups in total. The van der Waals surface area contributed by atoms with E-state index < -0.39 is 0 Å². The van der Waals surface area contributed by atoms with Gasteiger partial charge in [0.05, 0.1) is 6.07 Å². The molecule has 0 radical (unpaired) electrons. The Hall–Kier alpha value is -2.40. The van der Waals surface area contributed by atoms with Crippen molar-refractivity contribution in [3.8, 4) is 17.2 Å². The van der Waals surface area contributed by atoms with Crippen LogP contribution in [-0.2, 0) is 0 Å². The molecular weight excluding hydrogens is 244 g/mol. The van der Waals surface area contributed by atoms with Crippen molar-refractivity contribution in [2.24, 2.45) is 4.99 Å². The minimum Gasteiger partial charge on any atom is -0.292 e. The van der Waals surface area contributed by atoms with E-state index in [2.05, 4.69) is 47.5 Å². The maximum Gasteiger partial charge on any atom is 0.109 e. The van der Waals surface area contributed by atoms with Crippen molar-refractivity contribution in [3.63, 3.8) is 0 Å². The van der Waals surface area contributed by atoms with E-state index in [-0.39, 0.29) is 5.92 Å². The summed E-state index contributed by atoms with van der Waals surface area (Å²) in [7, 11) is 0. The van der Waals surface area contributed by atoms with Crippen LogP contribution in [0.15, 0.2) is 59.6 Å². The molecule has 0 saturated heterocycles. The summed E-state index contributed by atoms with van der Waals surface area (Å²) in [6, 6.07) is 20.9. The first-order valence-electron chi connectivity index (χ1n) is 6.97. The van der Waals surface area contributed by atoms with E-state index >= 15 is 0 Å². The minimum atomic E-state index is -0.178. The highest BCUT2D eigenvalue weighted by molar-refractivity contribution is 5.94. The van der Waals surface area contributed by atoms with Crippen molar-refractivity contribution in [1.29, 1.82) is 5.26 Å². The average molecular weight is 260 g/mol. The molecule has 1 heterocycles. The second-order valence-corrected chi connectivity index (χ2v) is 5.03. The Morgan fingerprint density at radius 3 is 2.25 bits per heavy atom. The molecular formula is C18H16N2. The summed E-state index contributed by atoms with van der Waals surface area (Å²) < 4.78 is 0. The summed E-state index contributed by atoms with van der Waals surface area (Å²) in [6.45, 7) is 0.871. The molecule has 1 atom stereocenters. The van der Waals surface area contributed by atoms with Gasteiger partial charge in [-0.1, -0.05) is 54.6 Å². The van der Waals surface area contributed by atoms with Gasteiger partial charge in [-0.2, -0.15) is 5.26 Å². The smallest absolute Gasteiger partial charge is 0.109 e. The Balaban J connectivity index is 1.88. The van der Waals surface area contributed by atoms with Gasteiger partial charge in [-0.3, -0.25) is 4.99 Å². The van der Waals surface area contributed by atoms with E-state index in [0.717, 1.165) is 30.7 Å². The lowest BCUT2D eigenvalue weighted by Gasteiger charge is -2.10. The molecule has 0 fully saturated rings. The Morgan fingerprint density at radius 1 is 0.950 bits per heavy atom. The molecule has 0 spiro atoms. The van der Waals surface area contributed by atoms with Crippen LogP contribution in [0, 0.1) is 11.3 Å². The molecule has 20 heavy (non-hydrogen) atoms. The van der Waals surface area contributed by atoms with Gasteiger partial charge in [-0.15, -0.1) is 0 Å². The van der Waals surface area contributed by atoms with Crippen LogP contribution in [0.5, 0.6) is 0 Å². The molecule has 2 nitrogen and oxygen atoms in total. The summed E-state index contributed by atoms with van der Waals surface area (Å²) in [5.74, 6) is -0.178. The second-order valence-electron chi connectivity index (χ2n) is 5.03. The van der Waals surface area contributed by atoms with Gasteiger partial charge in [0, 0.05) is 12.3 Å². The van der Waals surface area contributed by atoms with Crippen LogP contribution in [0.25, 0.3) is 11.1 Å². The van der Waals surface area contributed by atoms with Gasteiger partial charge in [0.25, 0.3) is 0 Å².